The van der Waals surface area contributed by atoms with E-state index in [1.54, 1.807) is 19.1 Å². The Morgan fingerprint density at radius 1 is 0.867 bits per heavy atom. The molecule has 7 heteroatoms. The van der Waals surface area contributed by atoms with Crippen LogP contribution < -0.4 is 4.74 Å². The van der Waals surface area contributed by atoms with Crippen LogP contribution in [-0.4, -0.2) is 20.2 Å². The molecule has 0 saturated carbocycles. The summed E-state index contributed by atoms with van der Waals surface area (Å²) in [6.45, 7) is 8.01. The van der Waals surface area contributed by atoms with E-state index < -0.39 is 5.82 Å². The van der Waals surface area contributed by atoms with Crippen LogP contribution in [0.15, 0.2) is 59.3 Å². The molecule has 0 amide bonds. The fraction of sp³-hybridized carbons (Fsp3) is 0.217. The van der Waals surface area contributed by atoms with Gasteiger partial charge < -0.3 is 9.15 Å². The first kappa shape index (κ1) is 19.7. The van der Waals surface area contributed by atoms with Gasteiger partial charge in [0.05, 0.1) is 0 Å². The second-order valence-electron chi connectivity index (χ2n) is 7.59. The van der Waals surface area contributed by atoms with Crippen LogP contribution in [0.25, 0.3) is 11.6 Å². The lowest BCUT2D eigenvalue weighted by molar-refractivity contribution is 0.418. The number of nitrogens with zero attached hydrogens (tertiary/aromatic N) is 4. The largest absolute Gasteiger partial charge is 0.436 e. The van der Waals surface area contributed by atoms with E-state index in [0.717, 1.165) is 5.56 Å². The van der Waals surface area contributed by atoms with E-state index in [2.05, 4.69) is 65.2 Å². The zero-order chi connectivity index (χ0) is 21.3. The summed E-state index contributed by atoms with van der Waals surface area (Å²) in [6, 6.07) is 16.0. The monoisotopic (exact) mass is 404 g/mol. The molecule has 2 heterocycles. The van der Waals surface area contributed by atoms with E-state index in [4.69, 9.17) is 9.15 Å². The lowest BCUT2D eigenvalue weighted by Crippen LogP contribution is -2.18. The minimum Gasteiger partial charge on any atom is -0.436 e. The second-order valence-corrected chi connectivity index (χ2v) is 7.59. The van der Waals surface area contributed by atoms with Gasteiger partial charge in [0, 0.05) is 12.3 Å². The number of rotatable bonds is 5. The predicted molar refractivity (Wildman–Crippen MR) is 110 cm³/mol. The Bertz CT molecular complexity index is 1170. The fourth-order valence-corrected chi connectivity index (χ4v) is 3.15. The Kier molecular flexibility index (Phi) is 5.03. The summed E-state index contributed by atoms with van der Waals surface area (Å²) in [5.41, 5.74) is 3.26. The molecule has 0 saturated heterocycles. The molecule has 0 radical (unpaired) electrons. The van der Waals surface area contributed by atoms with Gasteiger partial charge in [-0.25, -0.2) is 4.98 Å². The van der Waals surface area contributed by atoms with Crippen molar-refractivity contribution in [1.29, 1.82) is 0 Å². The third kappa shape index (κ3) is 3.78. The van der Waals surface area contributed by atoms with Gasteiger partial charge in [-0.1, -0.05) is 55.8 Å². The molecule has 4 aromatic rings. The molecule has 0 N–H and O–H groups in total. The molecule has 0 aliphatic rings. The van der Waals surface area contributed by atoms with Crippen LogP contribution in [0.5, 0.6) is 11.6 Å². The highest BCUT2D eigenvalue weighted by atomic mass is 19.1. The molecule has 0 fully saturated rings. The van der Waals surface area contributed by atoms with Crippen molar-refractivity contribution >= 4 is 0 Å². The molecule has 6 nitrogen and oxygen atoms in total. The second kappa shape index (κ2) is 7.67. The SMILES string of the molecule is Cc1ccc(C(C)(C)c2ccc(Oc3ncnc(-c4nnc(C)o4)c3F)cc2)cc1. The Morgan fingerprint density at radius 3 is 2.10 bits per heavy atom. The molecule has 4 rings (SSSR count). The summed E-state index contributed by atoms with van der Waals surface area (Å²) in [4.78, 5) is 7.78. The highest BCUT2D eigenvalue weighted by molar-refractivity contribution is 5.49. The minimum absolute atomic E-state index is 0.0209. The van der Waals surface area contributed by atoms with Crippen molar-refractivity contribution in [1.82, 2.24) is 20.2 Å². The highest BCUT2D eigenvalue weighted by Gasteiger charge is 2.23. The van der Waals surface area contributed by atoms with Gasteiger partial charge in [0.1, 0.15) is 12.1 Å². The van der Waals surface area contributed by atoms with Gasteiger partial charge in [-0.2, -0.15) is 9.37 Å². The van der Waals surface area contributed by atoms with E-state index in [0.29, 0.717) is 11.6 Å². The molecule has 0 atom stereocenters. The van der Waals surface area contributed by atoms with Gasteiger partial charge in [-0.05, 0) is 30.2 Å². The number of ether oxygens (including phenoxy) is 1. The molecule has 2 aromatic heterocycles. The van der Waals surface area contributed by atoms with E-state index in [1.807, 2.05) is 12.1 Å². The average molecular weight is 404 g/mol. The lowest BCUT2D eigenvalue weighted by Gasteiger charge is -2.26. The highest BCUT2D eigenvalue weighted by Crippen LogP contribution is 2.34. The van der Waals surface area contributed by atoms with Crippen molar-refractivity contribution < 1.29 is 13.5 Å². The molecule has 0 bridgehead atoms. The average Bonchev–Trinajstić information content (AvgIpc) is 3.16. The molecule has 0 unspecified atom stereocenters. The number of hydrogen-bond acceptors (Lipinski definition) is 6. The summed E-state index contributed by atoms with van der Waals surface area (Å²) >= 11 is 0. The van der Waals surface area contributed by atoms with Crippen LogP contribution in [0, 0.1) is 19.7 Å². The van der Waals surface area contributed by atoms with Gasteiger partial charge in [0.25, 0.3) is 11.8 Å². The van der Waals surface area contributed by atoms with Gasteiger partial charge in [0.2, 0.25) is 11.7 Å². The Hall–Kier alpha value is -3.61. The number of halogens is 1. The van der Waals surface area contributed by atoms with Gasteiger partial charge in [0.15, 0.2) is 5.69 Å². The first-order valence-corrected chi connectivity index (χ1v) is 9.51. The minimum atomic E-state index is -0.759. The Morgan fingerprint density at radius 2 is 1.50 bits per heavy atom. The van der Waals surface area contributed by atoms with E-state index in [9.17, 15) is 4.39 Å². The molecule has 2 aromatic carbocycles. The van der Waals surface area contributed by atoms with Crippen LogP contribution in [0.2, 0.25) is 0 Å². The van der Waals surface area contributed by atoms with Crippen molar-refractivity contribution in [2.75, 3.05) is 0 Å². The van der Waals surface area contributed by atoms with E-state index in [-0.39, 0.29) is 22.9 Å². The quantitative estimate of drug-likeness (QED) is 0.443. The number of hydrogen-bond donors (Lipinski definition) is 0. The molecule has 152 valence electrons. The molecular weight excluding hydrogens is 383 g/mol. The van der Waals surface area contributed by atoms with Crippen molar-refractivity contribution in [3.05, 3.63) is 83.3 Å². The first-order valence-electron chi connectivity index (χ1n) is 9.51. The first-order chi connectivity index (χ1) is 14.3. The van der Waals surface area contributed by atoms with E-state index >= 15 is 0 Å². The Labute approximate surface area is 173 Å². The van der Waals surface area contributed by atoms with E-state index in [1.165, 1.54) is 17.5 Å². The van der Waals surface area contributed by atoms with Gasteiger partial charge >= 0.3 is 0 Å². The van der Waals surface area contributed by atoms with Crippen LogP contribution in [0.4, 0.5) is 4.39 Å². The number of aromatic nitrogens is 4. The van der Waals surface area contributed by atoms with Crippen LogP contribution in [0.3, 0.4) is 0 Å². The summed E-state index contributed by atoms with van der Waals surface area (Å²) in [5.74, 6) is -0.208. The topological polar surface area (TPSA) is 73.9 Å². The molecule has 0 aliphatic carbocycles. The normalized spacial score (nSPS) is 11.5. The maximum atomic E-state index is 14.8. The summed E-state index contributed by atoms with van der Waals surface area (Å²) in [5, 5.41) is 7.49. The summed E-state index contributed by atoms with van der Waals surface area (Å²) < 4.78 is 25.7. The van der Waals surface area contributed by atoms with Crippen molar-refractivity contribution in [2.24, 2.45) is 0 Å². The van der Waals surface area contributed by atoms with Crippen molar-refractivity contribution in [2.45, 2.75) is 33.1 Å². The van der Waals surface area contributed by atoms with Crippen LogP contribution >= 0.6 is 0 Å². The Balaban J connectivity index is 1.58. The zero-order valence-corrected chi connectivity index (χ0v) is 17.2. The lowest BCUT2D eigenvalue weighted by atomic mass is 9.78. The van der Waals surface area contributed by atoms with Crippen LogP contribution in [-0.2, 0) is 5.41 Å². The zero-order valence-electron chi connectivity index (χ0n) is 17.2. The molecule has 0 spiro atoms. The van der Waals surface area contributed by atoms with Crippen LogP contribution in [0.1, 0.15) is 36.4 Å². The van der Waals surface area contributed by atoms with Crippen molar-refractivity contribution in [3.63, 3.8) is 0 Å². The molecular formula is C23H21FN4O2. The number of benzene rings is 2. The van der Waals surface area contributed by atoms with Gasteiger partial charge in [-0.3, -0.25) is 0 Å². The summed E-state index contributed by atoms with van der Waals surface area (Å²) in [6.07, 6.45) is 1.20. The molecule has 30 heavy (non-hydrogen) atoms. The smallest absolute Gasteiger partial charge is 0.269 e. The third-order valence-electron chi connectivity index (χ3n) is 5.05. The molecule has 0 aliphatic heterocycles. The summed E-state index contributed by atoms with van der Waals surface area (Å²) in [7, 11) is 0. The third-order valence-corrected chi connectivity index (χ3v) is 5.05. The number of aryl methyl sites for hydroxylation is 2. The van der Waals surface area contributed by atoms with Gasteiger partial charge in [-0.15, -0.1) is 10.2 Å². The predicted octanol–water partition coefficient (Wildman–Crippen LogP) is 5.40. The fourth-order valence-electron chi connectivity index (χ4n) is 3.15. The maximum Gasteiger partial charge on any atom is 0.269 e. The standard InChI is InChI=1S/C23H21FN4O2/c1-14-5-7-16(8-6-14)23(3,4)17-9-11-18(12-10-17)30-21-19(24)20(25-13-26-21)22-28-27-15(2)29-22/h5-13H,1-4H3. The maximum absolute atomic E-state index is 14.8. The van der Waals surface area contributed by atoms with Crippen molar-refractivity contribution in [3.8, 4) is 23.2 Å².